The van der Waals surface area contributed by atoms with Crippen LogP contribution in [0.3, 0.4) is 0 Å². The predicted molar refractivity (Wildman–Crippen MR) is 84.5 cm³/mol. The molecule has 6 nitrogen and oxygen atoms in total. The van der Waals surface area contributed by atoms with Gasteiger partial charge in [-0.1, -0.05) is 19.3 Å². The van der Waals surface area contributed by atoms with Crippen molar-refractivity contribution in [3.8, 4) is 0 Å². The van der Waals surface area contributed by atoms with Gasteiger partial charge in [-0.15, -0.1) is 0 Å². The molecule has 0 aromatic heterocycles. The van der Waals surface area contributed by atoms with Gasteiger partial charge in [0.2, 0.25) is 11.8 Å². The van der Waals surface area contributed by atoms with Crippen molar-refractivity contribution in [1.29, 1.82) is 0 Å². The van der Waals surface area contributed by atoms with Gasteiger partial charge in [0.15, 0.2) is 0 Å². The van der Waals surface area contributed by atoms with Gasteiger partial charge in [-0.25, -0.2) is 0 Å². The van der Waals surface area contributed by atoms with Gasteiger partial charge in [-0.2, -0.15) is 0 Å². The Kier molecular flexibility index (Phi) is 7.12. The number of amides is 2. The lowest BCUT2D eigenvalue weighted by atomic mass is 9.94. The number of nitrogens with one attached hydrogen (secondary N) is 1. The second-order valence-corrected chi connectivity index (χ2v) is 6.24. The Hall–Kier alpha value is -1.14. The van der Waals surface area contributed by atoms with Gasteiger partial charge < -0.3 is 15.0 Å². The van der Waals surface area contributed by atoms with Crippen molar-refractivity contribution in [2.45, 2.75) is 45.1 Å². The summed E-state index contributed by atoms with van der Waals surface area (Å²) >= 11 is 0. The molecule has 0 bridgehead atoms. The van der Waals surface area contributed by atoms with E-state index in [-0.39, 0.29) is 24.4 Å². The summed E-state index contributed by atoms with van der Waals surface area (Å²) in [6.45, 7) is 6.64. The third-order valence-corrected chi connectivity index (χ3v) is 4.59. The first-order valence-corrected chi connectivity index (χ1v) is 8.51. The average Bonchev–Trinajstić information content (AvgIpc) is 2.54. The number of ether oxygens (including phenoxy) is 1. The topological polar surface area (TPSA) is 61.9 Å². The van der Waals surface area contributed by atoms with E-state index in [2.05, 4.69) is 10.2 Å². The fourth-order valence-corrected chi connectivity index (χ4v) is 3.28. The minimum Gasteiger partial charge on any atom is -0.379 e. The van der Waals surface area contributed by atoms with Crippen molar-refractivity contribution in [2.75, 3.05) is 45.9 Å². The molecular weight excluding hydrogens is 282 g/mol. The number of hydrogen-bond acceptors (Lipinski definition) is 4. The second-order valence-electron chi connectivity index (χ2n) is 6.24. The van der Waals surface area contributed by atoms with Crippen LogP contribution in [0.15, 0.2) is 0 Å². The summed E-state index contributed by atoms with van der Waals surface area (Å²) in [4.78, 5) is 28.0. The van der Waals surface area contributed by atoms with Gasteiger partial charge in [-0.05, 0) is 12.8 Å². The highest BCUT2D eigenvalue weighted by Crippen LogP contribution is 2.22. The standard InChI is InChI=1S/C16H29N3O3/c1-14(20)19(15-5-3-2-4-6-15)13-16(21)17-7-8-18-9-11-22-12-10-18/h15H,2-13H2,1H3,(H,17,21). The Bertz CT molecular complexity index is 364. The van der Waals surface area contributed by atoms with E-state index in [1.165, 1.54) is 6.42 Å². The normalized spacial score (nSPS) is 20.6. The third kappa shape index (κ3) is 5.57. The van der Waals surface area contributed by atoms with E-state index in [9.17, 15) is 9.59 Å². The molecule has 2 fully saturated rings. The fraction of sp³-hybridized carbons (Fsp3) is 0.875. The van der Waals surface area contributed by atoms with Crippen molar-refractivity contribution < 1.29 is 14.3 Å². The molecule has 0 unspecified atom stereocenters. The number of nitrogens with zero attached hydrogens (tertiary/aromatic N) is 2. The lowest BCUT2D eigenvalue weighted by Gasteiger charge is -2.33. The summed E-state index contributed by atoms with van der Waals surface area (Å²) in [7, 11) is 0. The lowest BCUT2D eigenvalue weighted by Crippen LogP contribution is -2.47. The Morgan fingerprint density at radius 3 is 2.50 bits per heavy atom. The van der Waals surface area contributed by atoms with Crippen LogP contribution in [0.1, 0.15) is 39.0 Å². The van der Waals surface area contributed by atoms with E-state index in [0.717, 1.165) is 58.5 Å². The van der Waals surface area contributed by atoms with Crippen LogP contribution >= 0.6 is 0 Å². The molecule has 0 aromatic rings. The zero-order valence-electron chi connectivity index (χ0n) is 13.7. The summed E-state index contributed by atoms with van der Waals surface area (Å²) < 4.78 is 5.30. The molecule has 2 amide bonds. The highest BCUT2D eigenvalue weighted by atomic mass is 16.5. The van der Waals surface area contributed by atoms with Gasteiger partial charge in [-0.3, -0.25) is 14.5 Å². The first-order valence-electron chi connectivity index (χ1n) is 8.51. The third-order valence-electron chi connectivity index (χ3n) is 4.59. The minimum atomic E-state index is -0.0472. The second kappa shape index (κ2) is 9.10. The van der Waals surface area contributed by atoms with Crippen LogP contribution in [0, 0.1) is 0 Å². The molecule has 0 atom stereocenters. The number of carbonyl (C=O) groups excluding carboxylic acids is 2. The van der Waals surface area contributed by atoms with Crippen molar-refractivity contribution in [1.82, 2.24) is 15.1 Å². The Labute approximate surface area is 133 Å². The van der Waals surface area contributed by atoms with Crippen LogP contribution in [-0.2, 0) is 14.3 Å². The van der Waals surface area contributed by atoms with Crippen LogP contribution in [0.5, 0.6) is 0 Å². The van der Waals surface area contributed by atoms with E-state index in [0.29, 0.717) is 6.54 Å². The van der Waals surface area contributed by atoms with Crippen LogP contribution < -0.4 is 5.32 Å². The summed E-state index contributed by atoms with van der Waals surface area (Å²) in [6, 6.07) is 0.247. The molecular formula is C16H29N3O3. The number of morpholine rings is 1. The highest BCUT2D eigenvalue weighted by Gasteiger charge is 2.24. The molecule has 1 aliphatic heterocycles. The summed E-state index contributed by atoms with van der Waals surface area (Å²) in [6.07, 6.45) is 5.62. The summed E-state index contributed by atoms with van der Waals surface area (Å²) in [5.41, 5.74) is 0. The predicted octanol–water partition coefficient (Wildman–Crippen LogP) is 0.616. The highest BCUT2D eigenvalue weighted by molar-refractivity contribution is 5.83. The van der Waals surface area contributed by atoms with E-state index < -0.39 is 0 Å². The maximum Gasteiger partial charge on any atom is 0.239 e. The van der Waals surface area contributed by atoms with E-state index in [4.69, 9.17) is 4.74 Å². The van der Waals surface area contributed by atoms with Crippen molar-refractivity contribution in [2.24, 2.45) is 0 Å². The molecule has 0 aromatic carbocycles. The molecule has 1 N–H and O–H groups in total. The molecule has 1 aliphatic carbocycles. The Morgan fingerprint density at radius 1 is 1.18 bits per heavy atom. The molecule has 2 rings (SSSR count). The van der Waals surface area contributed by atoms with Crippen molar-refractivity contribution >= 4 is 11.8 Å². The zero-order valence-corrected chi connectivity index (χ0v) is 13.7. The first kappa shape index (κ1) is 17.2. The fourth-order valence-electron chi connectivity index (χ4n) is 3.28. The van der Waals surface area contributed by atoms with Gasteiger partial charge in [0.25, 0.3) is 0 Å². The molecule has 22 heavy (non-hydrogen) atoms. The minimum absolute atomic E-state index is 0.00947. The molecule has 2 aliphatic rings. The smallest absolute Gasteiger partial charge is 0.239 e. The monoisotopic (exact) mass is 311 g/mol. The molecule has 6 heteroatoms. The molecule has 1 saturated carbocycles. The van der Waals surface area contributed by atoms with E-state index in [1.54, 1.807) is 11.8 Å². The van der Waals surface area contributed by atoms with Crippen LogP contribution in [0.25, 0.3) is 0 Å². The molecule has 0 radical (unpaired) electrons. The number of rotatable bonds is 6. The molecule has 0 spiro atoms. The molecule has 126 valence electrons. The van der Waals surface area contributed by atoms with Gasteiger partial charge >= 0.3 is 0 Å². The summed E-state index contributed by atoms with van der Waals surface area (Å²) in [5.74, 6) is -0.0377. The van der Waals surface area contributed by atoms with Gasteiger partial charge in [0, 0.05) is 39.1 Å². The van der Waals surface area contributed by atoms with Crippen LogP contribution in [0.4, 0.5) is 0 Å². The van der Waals surface area contributed by atoms with Gasteiger partial charge in [0.05, 0.1) is 19.8 Å². The lowest BCUT2D eigenvalue weighted by molar-refractivity contribution is -0.137. The number of carbonyl (C=O) groups is 2. The number of hydrogen-bond donors (Lipinski definition) is 1. The van der Waals surface area contributed by atoms with Crippen molar-refractivity contribution in [3.63, 3.8) is 0 Å². The average molecular weight is 311 g/mol. The van der Waals surface area contributed by atoms with E-state index in [1.807, 2.05) is 0 Å². The SMILES string of the molecule is CC(=O)N(CC(=O)NCCN1CCOCC1)C1CCCCC1. The van der Waals surface area contributed by atoms with Crippen LogP contribution in [0.2, 0.25) is 0 Å². The largest absolute Gasteiger partial charge is 0.379 e. The Morgan fingerprint density at radius 2 is 1.86 bits per heavy atom. The first-order chi connectivity index (χ1) is 10.7. The van der Waals surface area contributed by atoms with Crippen LogP contribution in [-0.4, -0.2) is 73.6 Å². The Balaban J connectivity index is 1.69. The molecule has 1 saturated heterocycles. The van der Waals surface area contributed by atoms with E-state index >= 15 is 0 Å². The van der Waals surface area contributed by atoms with Crippen molar-refractivity contribution in [3.05, 3.63) is 0 Å². The molecule has 1 heterocycles. The summed E-state index contributed by atoms with van der Waals surface area (Å²) in [5, 5.41) is 2.94. The zero-order chi connectivity index (χ0) is 15.8. The van der Waals surface area contributed by atoms with Gasteiger partial charge in [0.1, 0.15) is 0 Å². The maximum atomic E-state index is 12.1. The quantitative estimate of drug-likeness (QED) is 0.781. The maximum absolute atomic E-state index is 12.1.